The van der Waals surface area contributed by atoms with E-state index in [-0.39, 0.29) is 0 Å². The van der Waals surface area contributed by atoms with E-state index in [1.54, 1.807) is 0 Å². The second kappa shape index (κ2) is 4.38. The van der Waals surface area contributed by atoms with Gasteiger partial charge in [-0.25, -0.2) is 0 Å². The fourth-order valence-corrected chi connectivity index (χ4v) is 1.32. The van der Waals surface area contributed by atoms with Gasteiger partial charge in [0.15, 0.2) is 0 Å². The van der Waals surface area contributed by atoms with Gasteiger partial charge in [0.2, 0.25) is 0 Å². The lowest BCUT2D eigenvalue weighted by molar-refractivity contribution is 0.810. The molecule has 1 aliphatic carbocycles. The Bertz CT molecular complexity index is 144. The minimum absolute atomic E-state index is 0.799. The standard InChI is InChI=1S/C11H18/c1-3-5-6-7-8-11-9-10(11)4-2/h4,7-8,10-11H,2-3,5-6,9H2,1H3/b8-7-/t10-,11-/m0/s1. The zero-order chi connectivity index (χ0) is 8.10. The van der Waals surface area contributed by atoms with E-state index in [9.17, 15) is 0 Å². The summed E-state index contributed by atoms with van der Waals surface area (Å²) in [5, 5.41) is 0. The Morgan fingerprint density at radius 2 is 2.27 bits per heavy atom. The molecule has 0 radical (unpaired) electrons. The highest BCUT2D eigenvalue weighted by atomic mass is 14.3. The maximum absolute atomic E-state index is 3.78. The minimum atomic E-state index is 0.799. The van der Waals surface area contributed by atoms with Gasteiger partial charge in [0.1, 0.15) is 0 Å². The Balaban J connectivity index is 2.03. The van der Waals surface area contributed by atoms with Crippen LogP contribution < -0.4 is 0 Å². The van der Waals surface area contributed by atoms with Crippen molar-refractivity contribution in [3.8, 4) is 0 Å². The summed E-state index contributed by atoms with van der Waals surface area (Å²) in [6, 6.07) is 0. The van der Waals surface area contributed by atoms with E-state index < -0.39 is 0 Å². The Labute approximate surface area is 70.0 Å². The van der Waals surface area contributed by atoms with E-state index in [0.717, 1.165) is 11.8 Å². The molecule has 1 rings (SSSR count). The summed E-state index contributed by atoms with van der Waals surface area (Å²) in [7, 11) is 0. The molecule has 0 aromatic rings. The molecule has 1 fully saturated rings. The highest BCUT2D eigenvalue weighted by molar-refractivity contribution is 5.08. The van der Waals surface area contributed by atoms with Gasteiger partial charge in [-0.3, -0.25) is 0 Å². The van der Waals surface area contributed by atoms with Gasteiger partial charge in [0.25, 0.3) is 0 Å². The summed E-state index contributed by atoms with van der Waals surface area (Å²) in [6.45, 7) is 6.02. The third kappa shape index (κ3) is 2.92. The lowest BCUT2D eigenvalue weighted by atomic mass is 10.2. The molecule has 0 aliphatic heterocycles. The fraction of sp³-hybridized carbons (Fsp3) is 0.636. The van der Waals surface area contributed by atoms with Gasteiger partial charge in [-0.15, -0.1) is 6.58 Å². The predicted octanol–water partition coefficient (Wildman–Crippen LogP) is 3.55. The van der Waals surface area contributed by atoms with Crippen molar-refractivity contribution in [2.45, 2.75) is 32.6 Å². The quantitative estimate of drug-likeness (QED) is 0.415. The van der Waals surface area contributed by atoms with Crippen LogP contribution in [0.5, 0.6) is 0 Å². The third-order valence-electron chi connectivity index (χ3n) is 2.30. The first-order valence-electron chi connectivity index (χ1n) is 4.67. The van der Waals surface area contributed by atoms with Gasteiger partial charge in [-0.2, -0.15) is 0 Å². The molecule has 0 N–H and O–H groups in total. The highest BCUT2D eigenvalue weighted by Gasteiger charge is 2.31. The van der Waals surface area contributed by atoms with E-state index in [2.05, 4.69) is 31.7 Å². The van der Waals surface area contributed by atoms with Gasteiger partial charge >= 0.3 is 0 Å². The van der Waals surface area contributed by atoms with Gasteiger partial charge < -0.3 is 0 Å². The van der Waals surface area contributed by atoms with E-state index in [1.165, 1.54) is 25.7 Å². The van der Waals surface area contributed by atoms with Crippen molar-refractivity contribution in [3.05, 3.63) is 24.8 Å². The minimum Gasteiger partial charge on any atom is -0.103 e. The van der Waals surface area contributed by atoms with E-state index in [1.807, 2.05) is 0 Å². The molecule has 0 aromatic heterocycles. The summed E-state index contributed by atoms with van der Waals surface area (Å²) in [5.74, 6) is 1.64. The number of hydrogen-bond donors (Lipinski definition) is 0. The third-order valence-corrected chi connectivity index (χ3v) is 2.30. The SMILES string of the molecule is C=C[C@H]1C[C@@H]1/C=C\CCCC. The molecule has 0 nitrogen and oxygen atoms in total. The molecule has 2 atom stereocenters. The van der Waals surface area contributed by atoms with E-state index >= 15 is 0 Å². The Morgan fingerprint density at radius 1 is 1.45 bits per heavy atom. The number of allylic oxidation sites excluding steroid dienone is 3. The Morgan fingerprint density at radius 3 is 2.82 bits per heavy atom. The van der Waals surface area contributed by atoms with Crippen LogP contribution in [0, 0.1) is 11.8 Å². The van der Waals surface area contributed by atoms with Crippen LogP contribution in [0.4, 0.5) is 0 Å². The molecule has 1 aliphatic rings. The van der Waals surface area contributed by atoms with Gasteiger partial charge in [0, 0.05) is 0 Å². The van der Waals surface area contributed by atoms with Crippen LogP contribution in [0.2, 0.25) is 0 Å². The average Bonchev–Trinajstić information content (AvgIpc) is 2.77. The molecule has 11 heavy (non-hydrogen) atoms. The molecule has 0 saturated heterocycles. The Kier molecular flexibility index (Phi) is 3.41. The van der Waals surface area contributed by atoms with E-state index in [0.29, 0.717) is 0 Å². The first-order valence-corrected chi connectivity index (χ1v) is 4.67. The van der Waals surface area contributed by atoms with Crippen LogP contribution in [-0.4, -0.2) is 0 Å². The fourth-order valence-electron chi connectivity index (χ4n) is 1.32. The van der Waals surface area contributed by atoms with Crippen molar-refractivity contribution < 1.29 is 0 Å². The monoisotopic (exact) mass is 150 g/mol. The van der Waals surface area contributed by atoms with Gasteiger partial charge in [-0.05, 0) is 24.7 Å². The lowest BCUT2D eigenvalue weighted by Crippen LogP contribution is -1.71. The van der Waals surface area contributed by atoms with Crippen LogP contribution in [-0.2, 0) is 0 Å². The van der Waals surface area contributed by atoms with Crippen molar-refractivity contribution in [2.24, 2.45) is 11.8 Å². The molecule has 1 saturated carbocycles. The molecular weight excluding hydrogens is 132 g/mol. The Hall–Kier alpha value is -0.520. The van der Waals surface area contributed by atoms with Crippen LogP contribution in [0.1, 0.15) is 32.6 Å². The van der Waals surface area contributed by atoms with Crippen molar-refractivity contribution in [1.29, 1.82) is 0 Å². The number of unbranched alkanes of at least 4 members (excludes halogenated alkanes) is 2. The van der Waals surface area contributed by atoms with Crippen LogP contribution in [0.25, 0.3) is 0 Å². The normalized spacial score (nSPS) is 29.2. The molecule has 0 amide bonds. The molecule has 0 heterocycles. The smallest absolute Gasteiger partial charge is 0.0165 e. The van der Waals surface area contributed by atoms with Gasteiger partial charge in [-0.1, -0.05) is 38.0 Å². The first-order chi connectivity index (χ1) is 5.38. The maximum atomic E-state index is 3.78. The molecule has 0 unspecified atom stereocenters. The van der Waals surface area contributed by atoms with Crippen molar-refractivity contribution >= 4 is 0 Å². The zero-order valence-corrected chi connectivity index (χ0v) is 7.42. The number of hydrogen-bond acceptors (Lipinski definition) is 0. The summed E-state index contributed by atoms with van der Waals surface area (Å²) in [6.07, 6.45) is 12.0. The van der Waals surface area contributed by atoms with Crippen molar-refractivity contribution in [3.63, 3.8) is 0 Å². The largest absolute Gasteiger partial charge is 0.103 e. The zero-order valence-electron chi connectivity index (χ0n) is 7.42. The molecule has 62 valence electrons. The summed E-state index contributed by atoms with van der Waals surface area (Å²) in [5.41, 5.74) is 0. The predicted molar refractivity (Wildman–Crippen MR) is 50.5 cm³/mol. The maximum Gasteiger partial charge on any atom is -0.0165 e. The van der Waals surface area contributed by atoms with Crippen molar-refractivity contribution in [1.82, 2.24) is 0 Å². The average molecular weight is 150 g/mol. The molecule has 0 bridgehead atoms. The van der Waals surface area contributed by atoms with Crippen LogP contribution >= 0.6 is 0 Å². The summed E-state index contributed by atoms with van der Waals surface area (Å²) in [4.78, 5) is 0. The second-order valence-electron chi connectivity index (χ2n) is 3.37. The molecule has 0 spiro atoms. The second-order valence-corrected chi connectivity index (χ2v) is 3.37. The van der Waals surface area contributed by atoms with Crippen molar-refractivity contribution in [2.75, 3.05) is 0 Å². The van der Waals surface area contributed by atoms with Crippen LogP contribution in [0.3, 0.4) is 0 Å². The number of rotatable bonds is 5. The summed E-state index contributed by atoms with van der Waals surface area (Å²) < 4.78 is 0. The lowest BCUT2D eigenvalue weighted by Gasteiger charge is -1.87. The van der Waals surface area contributed by atoms with Gasteiger partial charge in [0.05, 0.1) is 0 Å². The van der Waals surface area contributed by atoms with Crippen LogP contribution in [0.15, 0.2) is 24.8 Å². The molecule has 0 aromatic carbocycles. The first kappa shape index (κ1) is 8.58. The highest BCUT2D eigenvalue weighted by Crippen LogP contribution is 2.40. The van der Waals surface area contributed by atoms with E-state index in [4.69, 9.17) is 0 Å². The molecular formula is C11H18. The topological polar surface area (TPSA) is 0 Å². The summed E-state index contributed by atoms with van der Waals surface area (Å²) >= 11 is 0. The molecule has 0 heteroatoms.